The SMILES string of the molecule is CCOC(=O)N1CCC[C@H](C(=O)Nc2cccc(Cl)c2C)C1. The summed E-state index contributed by atoms with van der Waals surface area (Å²) in [4.78, 5) is 25.8. The predicted molar refractivity (Wildman–Crippen MR) is 86.1 cm³/mol. The first kappa shape index (κ1) is 16.6. The summed E-state index contributed by atoms with van der Waals surface area (Å²) in [6, 6.07) is 5.41. The highest BCUT2D eigenvalue weighted by Gasteiger charge is 2.29. The fourth-order valence-electron chi connectivity index (χ4n) is 2.55. The number of piperidine rings is 1. The summed E-state index contributed by atoms with van der Waals surface area (Å²) in [6.07, 6.45) is 1.21. The minimum atomic E-state index is -0.348. The molecule has 1 aliphatic rings. The van der Waals surface area contributed by atoms with Crippen molar-refractivity contribution in [2.24, 2.45) is 5.92 Å². The fraction of sp³-hybridized carbons (Fsp3) is 0.500. The molecule has 0 aromatic heterocycles. The maximum absolute atomic E-state index is 12.4. The number of anilines is 1. The Hall–Kier alpha value is -1.75. The van der Waals surface area contributed by atoms with E-state index >= 15 is 0 Å². The van der Waals surface area contributed by atoms with Gasteiger partial charge in [0.15, 0.2) is 0 Å². The van der Waals surface area contributed by atoms with Gasteiger partial charge in [-0.15, -0.1) is 0 Å². The highest BCUT2D eigenvalue weighted by Crippen LogP contribution is 2.25. The number of hydrogen-bond donors (Lipinski definition) is 1. The van der Waals surface area contributed by atoms with Crippen LogP contribution in [0.2, 0.25) is 5.02 Å². The van der Waals surface area contributed by atoms with Crippen LogP contribution in [0.15, 0.2) is 18.2 Å². The Labute approximate surface area is 135 Å². The maximum Gasteiger partial charge on any atom is 0.409 e. The first-order valence-electron chi connectivity index (χ1n) is 7.50. The zero-order chi connectivity index (χ0) is 16.1. The molecule has 1 fully saturated rings. The number of hydrogen-bond acceptors (Lipinski definition) is 3. The van der Waals surface area contributed by atoms with E-state index in [9.17, 15) is 9.59 Å². The van der Waals surface area contributed by atoms with Crippen molar-refractivity contribution in [1.82, 2.24) is 4.90 Å². The van der Waals surface area contributed by atoms with E-state index in [2.05, 4.69) is 5.32 Å². The average Bonchev–Trinajstić information content (AvgIpc) is 2.52. The third kappa shape index (κ3) is 3.91. The molecule has 2 rings (SSSR count). The lowest BCUT2D eigenvalue weighted by Gasteiger charge is -2.31. The van der Waals surface area contributed by atoms with Crippen LogP contribution in [-0.2, 0) is 9.53 Å². The summed E-state index contributed by atoms with van der Waals surface area (Å²) in [7, 11) is 0. The van der Waals surface area contributed by atoms with Gasteiger partial charge in [-0.05, 0) is 44.4 Å². The van der Waals surface area contributed by atoms with Crippen LogP contribution in [0.25, 0.3) is 0 Å². The van der Waals surface area contributed by atoms with Crippen molar-refractivity contribution in [1.29, 1.82) is 0 Å². The molecular weight excluding hydrogens is 304 g/mol. The van der Waals surface area contributed by atoms with Crippen LogP contribution < -0.4 is 5.32 Å². The quantitative estimate of drug-likeness (QED) is 0.926. The molecule has 1 heterocycles. The molecule has 0 saturated carbocycles. The third-order valence-corrected chi connectivity index (χ3v) is 4.25. The van der Waals surface area contributed by atoms with Crippen LogP contribution in [0, 0.1) is 12.8 Å². The zero-order valence-electron chi connectivity index (χ0n) is 12.9. The van der Waals surface area contributed by atoms with Gasteiger partial charge in [0, 0.05) is 23.8 Å². The Morgan fingerprint density at radius 2 is 2.23 bits per heavy atom. The summed E-state index contributed by atoms with van der Waals surface area (Å²) in [5, 5.41) is 3.53. The first-order valence-corrected chi connectivity index (χ1v) is 7.88. The van der Waals surface area contributed by atoms with Crippen molar-refractivity contribution in [3.63, 3.8) is 0 Å². The monoisotopic (exact) mass is 324 g/mol. The van der Waals surface area contributed by atoms with E-state index in [1.54, 1.807) is 24.0 Å². The lowest BCUT2D eigenvalue weighted by molar-refractivity contribution is -0.121. The smallest absolute Gasteiger partial charge is 0.409 e. The highest BCUT2D eigenvalue weighted by atomic mass is 35.5. The summed E-state index contributed by atoms with van der Waals surface area (Å²) < 4.78 is 5.00. The minimum Gasteiger partial charge on any atom is -0.450 e. The predicted octanol–water partition coefficient (Wildman–Crippen LogP) is 3.46. The van der Waals surface area contributed by atoms with Gasteiger partial charge in [0.25, 0.3) is 0 Å². The van der Waals surface area contributed by atoms with Crippen molar-refractivity contribution < 1.29 is 14.3 Å². The molecule has 0 radical (unpaired) electrons. The standard InChI is InChI=1S/C16H21ClN2O3/c1-3-22-16(21)19-9-5-6-12(10-19)15(20)18-14-8-4-7-13(17)11(14)2/h4,7-8,12H,3,5-6,9-10H2,1-2H3,(H,18,20)/t12-/m0/s1. The molecule has 5 nitrogen and oxygen atoms in total. The van der Waals surface area contributed by atoms with Crippen molar-refractivity contribution >= 4 is 29.3 Å². The van der Waals surface area contributed by atoms with E-state index in [0.717, 1.165) is 18.4 Å². The molecule has 1 saturated heterocycles. The number of carbonyl (C=O) groups is 2. The molecule has 1 aromatic rings. The molecule has 0 aliphatic carbocycles. The van der Waals surface area contributed by atoms with E-state index in [1.165, 1.54) is 0 Å². The molecule has 0 unspecified atom stereocenters. The summed E-state index contributed by atoms with van der Waals surface area (Å²) in [5.74, 6) is -0.309. The van der Waals surface area contributed by atoms with Gasteiger partial charge >= 0.3 is 6.09 Å². The second kappa shape index (κ2) is 7.49. The van der Waals surface area contributed by atoms with Crippen LogP contribution in [0.1, 0.15) is 25.3 Å². The van der Waals surface area contributed by atoms with Crippen LogP contribution in [0.5, 0.6) is 0 Å². The van der Waals surface area contributed by atoms with Crippen LogP contribution in [0.3, 0.4) is 0 Å². The molecule has 120 valence electrons. The number of benzene rings is 1. The molecule has 2 amide bonds. The van der Waals surface area contributed by atoms with Crippen LogP contribution in [0.4, 0.5) is 10.5 Å². The number of likely N-dealkylation sites (tertiary alicyclic amines) is 1. The van der Waals surface area contributed by atoms with E-state index in [0.29, 0.717) is 30.4 Å². The Morgan fingerprint density at radius 1 is 1.45 bits per heavy atom. The van der Waals surface area contributed by atoms with E-state index in [4.69, 9.17) is 16.3 Å². The molecule has 1 atom stereocenters. The molecule has 1 aliphatic heterocycles. The van der Waals surface area contributed by atoms with Crippen molar-refractivity contribution in [2.45, 2.75) is 26.7 Å². The maximum atomic E-state index is 12.4. The highest BCUT2D eigenvalue weighted by molar-refractivity contribution is 6.31. The van der Waals surface area contributed by atoms with Gasteiger partial charge in [0.05, 0.1) is 12.5 Å². The topological polar surface area (TPSA) is 58.6 Å². The Kier molecular flexibility index (Phi) is 5.66. The number of ether oxygens (including phenoxy) is 1. The number of rotatable bonds is 3. The van der Waals surface area contributed by atoms with Gasteiger partial charge in [-0.2, -0.15) is 0 Å². The Morgan fingerprint density at radius 3 is 2.95 bits per heavy atom. The summed E-state index contributed by atoms with van der Waals surface area (Å²) in [5.41, 5.74) is 1.56. The number of amides is 2. The molecule has 1 N–H and O–H groups in total. The lowest BCUT2D eigenvalue weighted by Crippen LogP contribution is -2.44. The van der Waals surface area contributed by atoms with E-state index < -0.39 is 0 Å². The molecule has 0 bridgehead atoms. The molecular formula is C16H21ClN2O3. The van der Waals surface area contributed by atoms with Gasteiger partial charge < -0.3 is 15.0 Å². The molecule has 22 heavy (non-hydrogen) atoms. The van der Waals surface area contributed by atoms with Crippen LogP contribution >= 0.6 is 11.6 Å². The van der Waals surface area contributed by atoms with Gasteiger partial charge in [0.2, 0.25) is 5.91 Å². The van der Waals surface area contributed by atoms with Crippen molar-refractivity contribution in [3.8, 4) is 0 Å². The Balaban J connectivity index is 2.00. The molecule has 0 spiro atoms. The van der Waals surface area contributed by atoms with Gasteiger partial charge in [-0.3, -0.25) is 4.79 Å². The number of halogens is 1. The Bertz CT molecular complexity index is 562. The first-order chi connectivity index (χ1) is 10.5. The second-order valence-electron chi connectivity index (χ2n) is 5.39. The summed E-state index contributed by atoms with van der Waals surface area (Å²) in [6.45, 7) is 5.01. The third-order valence-electron chi connectivity index (χ3n) is 3.84. The van der Waals surface area contributed by atoms with E-state index in [1.807, 2.05) is 13.0 Å². The van der Waals surface area contributed by atoms with Crippen LogP contribution in [-0.4, -0.2) is 36.6 Å². The van der Waals surface area contributed by atoms with Gasteiger partial charge in [-0.25, -0.2) is 4.79 Å². The molecule has 6 heteroatoms. The number of carbonyl (C=O) groups excluding carboxylic acids is 2. The fourth-order valence-corrected chi connectivity index (χ4v) is 2.72. The second-order valence-corrected chi connectivity index (χ2v) is 5.79. The normalized spacial score (nSPS) is 18.0. The van der Waals surface area contributed by atoms with E-state index in [-0.39, 0.29) is 17.9 Å². The van der Waals surface area contributed by atoms with Gasteiger partial charge in [-0.1, -0.05) is 17.7 Å². The minimum absolute atomic E-state index is 0.0839. The van der Waals surface area contributed by atoms with Gasteiger partial charge in [0.1, 0.15) is 0 Å². The average molecular weight is 325 g/mol. The van der Waals surface area contributed by atoms with Crippen molar-refractivity contribution in [3.05, 3.63) is 28.8 Å². The summed E-state index contributed by atoms with van der Waals surface area (Å²) >= 11 is 6.06. The molecule has 1 aromatic carbocycles. The largest absolute Gasteiger partial charge is 0.450 e. The number of nitrogens with zero attached hydrogens (tertiary/aromatic N) is 1. The zero-order valence-corrected chi connectivity index (χ0v) is 13.7. The lowest BCUT2D eigenvalue weighted by atomic mass is 9.97. The number of nitrogens with one attached hydrogen (secondary N) is 1. The van der Waals surface area contributed by atoms with Crippen molar-refractivity contribution in [2.75, 3.05) is 25.0 Å².